The van der Waals surface area contributed by atoms with Gasteiger partial charge in [0.25, 0.3) is 0 Å². The molecule has 5 heteroatoms. The Labute approximate surface area is 114 Å². The molecule has 1 aromatic carbocycles. The number of aliphatic hydroxyl groups excluding tert-OH is 1. The van der Waals surface area contributed by atoms with E-state index in [0.29, 0.717) is 5.56 Å². The van der Waals surface area contributed by atoms with Crippen LogP contribution in [0.1, 0.15) is 16.5 Å². The van der Waals surface area contributed by atoms with Gasteiger partial charge in [-0.15, -0.1) is 11.3 Å². The summed E-state index contributed by atoms with van der Waals surface area (Å²) in [5, 5.41) is 14.3. The Kier molecular flexibility index (Phi) is 4.65. The van der Waals surface area contributed by atoms with E-state index in [9.17, 15) is 14.3 Å². The van der Waals surface area contributed by atoms with Crippen molar-refractivity contribution in [3.63, 3.8) is 0 Å². The lowest BCUT2D eigenvalue weighted by molar-refractivity contribution is -0.120. The molecule has 0 spiro atoms. The van der Waals surface area contributed by atoms with Crippen LogP contribution in [0.5, 0.6) is 0 Å². The molecule has 0 radical (unpaired) electrons. The van der Waals surface area contributed by atoms with Crippen LogP contribution in [-0.2, 0) is 11.2 Å². The molecule has 100 valence electrons. The molecule has 0 saturated heterocycles. The second kappa shape index (κ2) is 6.45. The normalized spacial score (nSPS) is 12.1. The molecule has 1 unspecified atom stereocenters. The van der Waals surface area contributed by atoms with Crippen molar-refractivity contribution >= 4 is 17.2 Å². The van der Waals surface area contributed by atoms with Gasteiger partial charge in [0.2, 0.25) is 5.91 Å². The number of halogens is 1. The van der Waals surface area contributed by atoms with E-state index in [1.807, 2.05) is 11.4 Å². The van der Waals surface area contributed by atoms with E-state index < -0.39 is 11.9 Å². The first-order chi connectivity index (χ1) is 9.16. The molecular formula is C14H14FNO2S. The lowest BCUT2D eigenvalue weighted by Crippen LogP contribution is -2.29. The number of carbonyl (C=O) groups is 1. The highest BCUT2D eigenvalue weighted by Crippen LogP contribution is 2.17. The fourth-order valence-corrected chi connectivity index (χ4v) is 2.38. The lowest BCUT2D eigenvalue weighted by Gasteiger charge is -2.10. The lowest BCUT2D eigenvalue weighted by atomic mass is 10.1. The minimum atomic E-state index is -0.718. The third kappa shape index (κ3) is 3.87. The van der Waals surface area contributed by atoms with Gasteiger partial charge in [0.05, 0.1) is 6.42 Å². The number of carbonyl (C=O) groups excluding carboxylic acids is 1. The molecule has 3 nitrogen and oxygen atoms in total. The van der Waals surface area contributed by atoms with Gasteiger partial charge in [-0.25, -0.2) is 4.39 Å². The van der Waals surface area contributed by atoms with Crippen molar-refractivity contribution in [3.05, 3.63) is 58.0 Å². The van der Waals surface area contributed by atoms with Gasteiger partial charge in [0.15, 0.2) is 0 Å². The van der Waals surface area contributed by atoms with Crippen molar-refractivity contribution in [2.75, 3.05) is 6.54 Å². The molecule has 0 fully saturated rings. The van der Waals surface area contributed by atoms with Crippen molar-refractivity contribution in [2.24, 2.45) is 0 Å². The number of benzene rings is 1. The highest BCUT2D eigenvalue weighted by Gasteiger charge is 2.11. The van der Waals surface area contributed by atoms with Crippen molar-refractivity contribution in [2.45, 2.75) is 12.5 Å². The first-order valence-electron chi connectivity index (χ1n) is 5.88. The molecule has 2 aromatic rings. The number of amides is 1. The Hall–Kier alpha value is -1.72. The van der Waals surface area contributed by atoms with E-state index in [0.717, 1.165) is 4.88 Å². The van der Waals surface area contributed by atoms with Crippen LogP contribution in [0.2, 0.25) is 0 Å². The molecule has 0 saturated carbocycles. The summed E-state index contributed by atoms with van der Waals surface area (Å²) in [6, 6.07) is 9.81. The zero-order valence-corrected chi connectivity index (χ0v) is 11.0. The summed E-state index contributed by atoms with van der Waals surface area (Å²) in [4.78, 5) is 12.5. The molecule has 0 aliphatic heterocycles. The van der Waals surface area contributed by atoms with Crippen molar-refractivity contribution in [1.82, 2.24) is 5.32 Å². The Morgan fingerprint density at radius 2 is 2.11 bits per heavy atom. The largest absolute Gasteiger partial charge is 0.386 e. The van der Waals surface area contributed by atoms with Crippen LogP contribution in [0, 0.1) is 5.82 Å². The van der Waals surface area contributed by atoms with E-state index in [1.165, 1.54) is 17.4 Å². The Balaban J connectivity index is 1.84. The summed E-state index contributed by atoms with van der Waals surface area (Å²) < 4.78 is 13.3. The van der Waals surface area contributed by atoms with E-state index >= 15 is 0 Å². The smallest absolute Gasteiger partial charge is 0.224 e. The van der Waals surface area contributed by atoms with Gasteiger partial charge >= 0.3 is 0 Å². The predicted molar refractivity (Wildman–Crippen MR) is 72.4 cm³/mol. The third-order valence-corrected chi connectivity index (χ3v) is 3.65. The zero-order chi connectivity index (χ0) is 13.7. The predicted octanol–water partition coefficient (Wildman–Crippen LogP) is 2.28. The summed E-state index contributed by atoms with van der Waals surface area (Å²) in [6.45, 7) is 0.133. The van der Waals surface area contributed by atoms with Crippen LogP contribution in [0.3, 0.4) is 0 Å². The molecular weight excluding hydrogens is 265 g/mol. The fourth-order valence-electron chi connectivity index (χ4n) is 1.67. The molecule has 1 amide bonds. The number of hydrogen-bond donors (Lipinski definition) is 2. The summed E-state index contributed by atoms with van der Waals surface area (Å²) in [5.74, 6) is -0.697. The SMILES string of the molecule is O=C(Cc1ccccc1F)NCC(O)c1cccs1. The minimum Gasteiger partial charge on any atom is -0.386 e. The Morgan fingerprint density at radius 3 is 2.79 bits per heavy atom. The Bertz CT molecular complexity index is 542. The summed E-state index contributed by atoms with van der Waals surface area (Å²) >= 11 is 1.43. The van der Waals surface area contributed by atoms with Crippen LogP contribution in [0.15, 0.2) is 41.8 Å². The van der Waals surface area contributed by atoms with Gasteiger partial charge < -0.3 is 10.4 Å². The van der Waals surface area contributed by atoms with E-state index in [4.69, 9.17) is 0 Å². The standard InChI is InChI=1S/C14H14FNO2S/c15-11-5-2-1-4-10(11)8-14(18)16-9-12(17)13-6-3-7-19-13/h1-7,12,17H,8-9H2,(H,16,18). The molecule has 2 N–H and O–H groups in total. The summed E-state index contributed by atoms with van der Waals surface area (Å²) in [5.41, 5.74) is 0.352. The molecule has 0 aliphatic carbocycles. The van der Waals surface area contributed by atoms with Gasteiger partial charge in [0.1, 0.15) is 11.9 Å². The Morgan fingerprint density at radius 1 is 1.32 bits per heavy atom. The quantitative estimate of drug-likeness (QED) is 0.882. The first kappa shape index (κ1) is 13.7. The average Bonchev–Trinajstić information content (AvgIpc) is 2.93. The second-order valence-electron chi connectivity index (χ2n) is 4.10. The van der Waals surface area contributed by atoms with Crippen molar-refractivity contribution in [1.29, 1.82) is 0 Å². The van der Waals surface area contributed by atoms with Crippen LogP contribution >= 0.6 is 11.3 Å². The number of thiophene rings is 1. The highest BCUT2D eigenvalue weighted by molar-refractivity contribution is 7.10. The molecule has 1 atom stereocenters. The van der Waals surface area contributed by atoms with Gasteiger partial charge in [-0.05, 0) is 23.1 Å². The van der Waals surface area contributed by atoms with Crippen LogP contribution in [-0.4, -0.2) is 17.6 Å². The van der Waals surface area contributed by atoms with Crippen LogP contribution in [0.25, 0.3) is 0 Å². The van der Waals surface area contributed by atoms with E-state index in [1.54, 1.807) is 24.3 Å². The monoisotopic (exact) mass is 279 g/mol. The summed E-state index contributed by atoms with van der Waals surface area (Å²) in [7, 11) is 0. The average molecular weight is 279 g/mol. The fraction of sp³-hybridized carbons (Fsp3) is 0.214. The minimum absolute atomic E-state index is 0.0240. The van der Waals surface area contributed by atoms with Gasteiger partial charge in [0, 0.05) is 11.4 Å². The van der Waals surface area contributed by atoms with Crippen molar-refractivity contribution < 1.29 is 14.3 Å². The molecule has 1 heterocycles. The molecule has 2 rings (SSSR count). The summed E-state index contributed by atoms with van der Waals surface area (Å²) in [6.07, 6.45) is -0.742. The molecule has 0 bridgehead atoms. The van der Waals surface area contributed by atoms with Crippen molar-refractivity contribution in [3.8, 4) is 0 Å². The first-order valence-corrected chi connectivity index (χ1v) is 6.76. The maximum atomic E-state index is 13.3. The van der Waals surface area contributed by atoms with E-state index in [-0.39, 0.29) is 18.9 Å². The van der Waals surface area contributed by atoms with Gasteiger partial charge in [-0.1, -0.05) is 24.3 Å². The molecule has 19 heavy (non-hydrogen) atoms. The number of aliphatic hydroxyl groups is 1. The number of hydrogen-bond acceptors (Lipinski definition) is 3. The highest BCUT2D eigenvalue weighted by atomic mass is 32.1. The van der Waals surface area contributed by atoms with E-state index in [2.05, 4.69) is 5.32 Å². The maximum Gasteiger partial charge on any atom is 0.224 e. The van der Waals surface area contributed by atoms with Crippen LogP contribution < -0.4 is 5.32 Å². The second-order valence-corrected chi connectivity index (χ2v) is 5.08. The van der Waals surface area contributed by atoms with Gasteiger partial charge in [-0.3, -0.25) is 4.79 Å². The third-order valence-electron chi connectivity index (χ3n) is 2.67. The number of nitrogens with one attached hydrogen (secondary N) is 1. The number of rotatable bonds is 5. The van der Waals surface area contributed by atoms with Crippen LogP contribution in [0.4, 0.5) is 4.39 Å². The van der Waals surface area contributed by atoms with Gasteiger partial charge in [-0.2, -0.15) is 0 Å². The topological polar surface area (TPSA) is 49.3 Å². The molecule has 0 aliphatic rings. The maximum absolute atomic E-state index is 13.3. The molecule has 1 aromatic heterocycles. The zero-order valence-electron chi connectivity index (χ0n) is 10.2.